The Labute approximate surface area is 232 Å². The molecule has 0 unspecified atom stereocenters. The van der Waals surface area contributed by atoms with Crippen LogP contribution in [0.4, 0.5) is 0 Å². The van der Waals surface area contributed by atoms with E-state index < -0.39 is 5.97 Å². The van der Waals surface area contributed by atoms with Gasteiger partial charge in [0.15, 0.2) is 11.6 Å². The number of carbonyl (C=O) groups excluding carboxylic acids is 3. The highest BCUT2D eigenvalue weighted by atomic mass is 35.5. The number of carbonyl (C=O) groups is 3. The third-order valence-corrected chi connectivity index (χ3v) is 7.64. The van der Waals surface area contributed by atoms with Crippen molar-refractivity contribution < 1.29 is 19.1 Å². The van der Waals surface area contributed by atoms with Crippen LogP contribution in [-0.4, -0.2) is 44.0 Å². The number of amides is 1. The standard InChI is InChI=1S/C28H24ClN5O4S/c1-3-17-14-19(24(35)18-10-6-7-11-20(18)29)27(39-17)34-23(32-33-25(34)28(37)38-4-2)15-30-26(36)22-13-16-9-5-8-12-21(16)31-22/h5-14,31H,3-4,15H2,1-2H3,(H,30,36). The first-order valence-electron chi connectivity index (χ1n) is 12.3. The molecule has 0 aliphatic heterocycles. The van der Waals surface area contributed by atoms with Gasteiger partial charge in [0.2, 0.25) is 5.82 Å². The van der Waals surface area contributed by atoms with Crippen LogP contribution in [-0.2, 0) is 17.7 Å². The number of benzene rings is 2. The molecule has 0 aliphatic carbocycles. The topological polar surface area (TPSA) is 119 Å². The van der Waals surface area contributed by atoms with Crippen molar-refractivity contribution in [2.45, 2.75) is 26.8 Å². The summed E-state index contributed by atoms with van der Waals surface area (Å²) in [5.74, 6) is -1.18. The van der Waals surface area contributed by atoms with Gasteiger partial charge in [0.25, 0.3) is 5.91 Å². The molecule has 11 heteroatoms. The van der Waals surface area contributed by atoms with E-state index in [2.05, 4.69) is 20.5 Å². The van der Waals surface area contributed by atoms with Gasteiger partial charge in [0, 0.05) is 21.3 Å². The van der Waals surface area contributed by atoms with Gasteiger partial charge in [-0.3, -0.25) is 14.2 Å². The first-order valence-corrected chi connectivity index (χ1v) is 13.5. The Bertz CT molecular complexity index is 1670. The van der Waals surface area contributed by atoms with E-state index in [9.17, 15) is 14.4 Å². The number of halogens is 1. The number of aromatic nitrogens is 4. The van der Waals surface area contributed by atoms with Crippen molar-refractivity contribution in [2.75, 3.05) is 6.61 Å². The van der Waals surface area contributed by atoms with Crippen LogP contribution in [0.1, 0.15) is 61.6 Å². The molecule has 0 radical (unpaired) electrons. The summed E-state index contributed by atoms with van der Waals surface area (Å²) in [6, 6.07) is 17.9. The van der Waals surface area contributed by atoms with Gasteiger partial charge in [-0.2, -0.15) is 0 Å². The number of aryl methyl sites for hydroxylation is 1. The Balaban J connectivity index is 1.54. The minimum Gasteiger partial charge on any atom is -0.460 e. The van der Waals surface area contributed by atoms with Crippen molar-refractivity contribution in [1.82, 2.24) is 25.1 Å². The van der Waals surface area contributed by atoms with E-state index in [4.69, 9.17) is 16.3 Å². The normalized spacial score (nSPS) is 11.1. The molecular weight excluding hydrogens is 538 g/mol. The highest BCUT2D eigenvalue weighted by Crippen LogP contribution is 2.32. The fourth-order valence-electron chi connectivity index (χ4n) is 4.15. The van der Waals surface area contributed by atoms with Crippen LogP contribution in [0.25, 0.3) is 15.9 Å². The number of rotatable bonds is 9. The third-order valence-electron chi connectivity index (χ3n) is 6.05. The lowest BCUT2D eigenvalue weighted by Gasteiger charge is -2.11. The first-order chi connectivity index (χ1) is 18.9. The summed E-state index contributed by atoms with van der Waals surface area (Å²) in [6.07, 6.45) is 0.663. The number of ether oxygens (including phenoxy) is 1. The van der Waals surface area contributed by atoms with E-state index >= 15 is 0 Å². The van der Waals surface area contributed by atoms with Gasteiger partial charge in [-0.1, -0.05) is 48.9 Å². The number of hydrogen-bond donors (Lipinski definition) is 2. The monoisotopic (exact) mass is 561 g/mol. The maximum atomic E-state index is 13.6. The van der Waals surface area contributed by atoms with Gasteiger partial charge in [-0.05, 0) is 43.7 Å². The second-order valence-electron chi connectivity index (χ2n) is 8.54. The summed E-state index contributed by atoms with van der Waals surface area (Å²) >= 11 is 7.68. The molecule has 2 aromatic carbocycles. The first kappa shape index (κ1) is 26.3. The Hall–Kier alpha value is -4.28. The van der Waals surface area contributed by atoms with Gasteiger partial charge in [-0.25, -0.2) is 4.79 Å². The van der Waals surface area contributed by atoms with Crippen molar-refractivity contribution in [3.05, 3.63) is 99.0 Å². The highest BCUT2D eigenvalue weighted by molar-refractivity contribution is 7.15. The number of para-hydroxylation sites is 1. The molecule has 3 heterocycles. The minimum atomic E-state index is -0.694. The number of ketones is 1. The van der Waals surface area contributed by atoms with Crippen LogP contribution in [0.5, 0.6) is 0 Å². The molecule has 5 rings (SSSR count). The zero-order valence-electron chi connectivity index (χ0n) is 21.2. The fraction of sp³-hybridized carbons (Fsp3) is 0.179. The van der Waals surface area contributed by atoms with E-state index in [0.29, 0.717) is 33.3 Å². The molecule has 0 fully saturated rings. The molecule has 0 spiro atoms. The molecule has 0 atom stereocenters. The molecule has 1 amide bonds. The molecule has 5 aromatic rings. The summed E-state index contributed by atoms with van der Waals surface area (Å²) in [5.41, 5.74) is 1.90. The van der Waals surface area contributed by atoms with Crippen molar-refractivity contribution >= 4 is 51.5 Å². The molecular formula is C28H24ClN5O4S. The summed E-state index contributed by atoms with van der Waals surface area (Å²) in [7, 11) is 0. The molecule has 0 aliphatic rings. The number of nitrogens with one attached hydrogen (secondary N) is 2. The molecule has 39 heavy (non-hydrogen) atoms. The molecule has 198 valence electrons. The number of fused-ring (bicyclic) bond motifs is 1. The molecule has 0 saturated carbocycles. The van der Waals surface area contributed by atoms with Gasteiger partial charge in [0.1, 0.15) is 10.7 Å². The zero-order chi connectivity index (χ0) is 27.5. The number of aromatic amines is 1. The molecule has 3 aromatic heterocycles. The largest absolute Gasteiger partial charge is 0.460 e. The molecule has 2 N–H and O–H groups in total. The summed E-state index contributed by atoms with van der Waals surface area (Å²) < 4.78 is 6.70. The SMILES string of the molecule is CCOC(=O)c1nnc(CNC(=O)c2cc3ccccc3[nH]2)n1-c1sc(CC)cc1C(=O)c1ccccc1Cl. The lowest BCUT2D eigenvalue weighted by atomic mass is 10.0. The Morgan fingerprint density at radius 1 is 1.03 bits per heavy atom. The highest BCUT2D eigenvalue weighted by Gasteiger charge is 2.28. The number of hydrogen-bond acceptors (Lipinski definition) is 7. The van der Waals surface area contributed by atoms with E-state index in [1.807, 2.05) is 31.2 Å². The molecule has 0 bridgehead atoms. The quantitative estimate of drug-likeness (QED) is 0.185. The fourth-order valence-corrected chi connectivity index (χ4v) is 5.48. The predicted octanol–water partition coefficient (Wildman–Crippen LogP) is 5.36. The lowest BCUT2D eigenvalue weighted by molar-refractivity contribution is 0.0509. The summed E-state index contributed by atoms with van der Waals surface area (Å²) in [6.45, 7) is 3.74. The minimum absolute atomic E-state index is 0.0559. The maximum Gasteiger partial charge on any atom is 0.376 e. The van der Waals surface area contributed by atoms with Crippen molar-refractivity contribution in [1.29, 1.82) is 0 Å². The van der Waals surface area contributed by atoms with Crippen LogP contribution in [0, 0.1) is 0 Å². The van der Waals surface area contributed by atoms with Gasteiger partial charge in [0.05, 0.1) is 23.7 Å². The predicted molar refractivity (Wildman–Crippen MR) is 149 cm³/mol. The van der Waals surface area contributed by atoms with Gasteiger partial charge in [-0.15, -0.1) is 21.5 Å². The van der Waals surface area contributed by atoms with E-state index in [-0.39, 0.29) is 36.5 Å². The van der Waals surface area contributed by atoms with Crippen LogP contribution >= 0.6 is 22.9 Å². The smallest absolute Gasteiger partial charge is 0.376 e. The molecule has 9 nitrogen and oxygen atoms in total. The van der Waals surface area contributed by atoms with E-state index in [1.165, 1.54) is 15.9 Å². The number of H-pyrrole nitrogens is 1. The lowest BCUT2D eigenvalue weighted by Crippen LogP contribution is -2.25. The number of thiophene rings is 1. The van der Waals surface area contributed by atoms with Crippen LogP contribution in [0.15, 0.2) is 60.7 Å². The maximum absolute atomic E-state index is 13.6. The number of nitrogens with zero attached hydrogens (tertiary/aromatic N) is 3. The van der Waals surface area contributed by atoms with Crippen molar-refractivity contribution in [2.24, 2.45) is 0 Å². The Morgan fingerprint density at radius 3 is 2.54 bits per heavy atom. The zero-order valence-corrected chi connectivity index (χ0v) is 22.7. The van der Waals surface area contributed by atoms with Crippen LogP contribution in [0.3, 0.4) is 0 Å². The molecule has 0 saturated heterocycles. The number of esters is 1. The van der Waals surface area contributed by atoms with Gasteiger partial charge >= 0.3 is 5.97 Å². The summed E-state index contributed by atoms with van der Waals surface area (Å²) in [5, 5.41) is 12.8. The van der Waals surface area contributed by atoms with Crippen LogP contribution < -0.4 is 5.32 Å². The average Bonchev–Trinajstić information content (AvgIpc) is 3.68. The van der Waals surface area contributed by atoms with Gasteiger partial charge < -0.3 is 15.0 Å². The second-order valence-corrected chi connectivity index (χ2v) is 10.1. The van der Waals surface area contributed by atoms with E-state index in [1.54, 1.807) is 43.3 Å². The van der Waals surface area contributed by atoms with Crippen molar-refractivity contribution in [3.63, 3.8) is 0 Å². The van der Waals surface area contributed by atoms with Crippen molar-refractivity contribution in [3.8, 4) is 5.00 Å². The second kappa shape index (κ2) is 11.2. The van der Waals surface area contributed by atoms with Crippen LogP contribution in [0.2, 0.25) is 5.02 Å². The Morgan fingerprint density at radius 2 is 1.79 bits per heavy atom. The summed E-state index contributed by atoms with van der Waals surface area (Å²) in [4.78, 5) is 43.5. The average molecular weight is 562 g/mol. The Kier molecular flexibility index (Phi) is 7.58. The third kappa shape index (κ3) is 5.21. The van der Waals surface area contributed by atoms with E-state index in [0.717, 1.165) is 15.8 Å².